The summed E-state index contributed by atoms with van der Waals surface area (Å²) in [6.45, 7) is 3.75. The number of rotatable bonds is 4. The number of sulfonamides is 1. The molecule has 0 saturated carbocycles. The molecule has 2 aromatic rings. The Balaban J connectivity index is 1.88. The topological polar surface area (TPSA) is 75.7 Å². The summed E-state index contributed by atoms with van der Waals surface area (Å²) >= 11 is 6.07. The molecule has 1 unspecified atom stereocenters. The largest absolute Gasteiger partial charge is 0.487 e. The first-order chi connectivity index (χ1) is 12.3. The SMILES string of the molecule is CC(=O)N1CC(C)Oc2ccc(S(=O)(=O)NCc3ccccc3Cl)cc21. The van der Waals surface area contributed by atoms with Crippen molar-refractivity contribution in [3.8, 4) is 5.75 Å². The van der Waals surface area contributed by atoms with Crippen LogP contribution in [-0.4, -0.2) is 27.0 Å². The number of benzene rings is 2. The lowest BCUT2D eigenvalue weighted by molar-refractivity contribution is -0.117. The number of nitrogens with one attached hydrogen (secondary N) is 1. The van der Waals surface area contributed by atoms with Crippen LogP contribution in [0.25, 0.3) is 0 Å². The van der Waals surface area contributed by atoms with Crippen LogP contribution >= 0.6 is 11.6 Å². The second-order valence-corrected chi connectivity index (χ2v) is 8.28. The van der Waals surface area contributed by atoms with Crippen molar-refractivity contribution in [1.29, 1.82) is 0 Å². The molecule has 0 bridgehead atoms. The number of halogens is 1. The minimum atomic E-state index is -3.77. The molecule has 1 amide bonds. The number of ether oxygens (including phenoxy) is 1. The fraction of sp³-hybridized carbons (Fsp3) is 0.278. The van der Waals surface area contributed by atoms with E-state index in [-0.39, 0.29) is 23.5 Å². The van der Waals surface area contributed by atoms with Crippen LogP contribution in [0.2, 0.25) is 5.02 Å². The molecule has 6 nitrogen and oxygen atoms in total. The lowest BCUT2D eigenvalue weighted by Gasteiger charge is -2.33. The number of hydrogen-bond donors (Lipinski definition) is 1. The number of carbonyl (C=O) groups is 1. The maximum absolute atomic E-state index is 12.6. The first-order valence-electron chi connectivity index (χ1n) is 8.10. The van der Waals surface area contributed by atoms with Gasteiger partial charge in [0.25, 0.3) is 0 Å². The second kappa shape index (κ2) is 7.26. The highest BCUT2D eigenvalue weighted by Crippen LogP contribution is 2.35. The van der Waals surface area contributed by atoms with E-state index in [9.17, 15) is 13.2 Å². The van der Waals surface area contributed by atoms with Gasteiger partial charge in [-0.25, -0.2) is 13.1 Å². The third-order valence-electron chi connectivity index (χ3n) is 4.09. The van der Waals surface area contributed by atoms with Crippen molar-refractivity contribution in [2.45, 2.75) is 31.4 Å². The first kappa shape index (κ1) is 18.7. The molecule has 138 valence electrons. The van der Waals surface area contributed by atoms with E-state index in [1.807, 2.05) is 6.92 Å². The van der Waals surface area contributed by atoms with Crippen LogP contribution in [0.5, 0.6) is 5.75 Å². The summed E-state index contributed by atoms with van der Waals surface area (Å²) in [5.74, 6) is 0.323. The normalized spacial score (nSPS) is 16.7. The van der Waals surface area contributed by atoms with Crippen molar-refractivity contribution >= 4 is 33.2 Å². The van der Waals surface area contributed by atoms with Gasteiger partial charge < -0.3 is 9.64 Å². The van der Waals surface area contributed by atoms with Gasteiger partial charge in [0.15, 0.2) is 0 Å². The van der Waals surface area contributed by atoms with Gasteiger partial charge in [0.05, 0.1) is 17.1 Å². The summed E-state index contributed by atoms with van der Waals surface area (Å²) < 4.78 is 33.5. The molecule has 0 fully saturated rings. The van der Waals surface area contributed by atoms with Gasteiger partial charge in [-0.05, 0) is 36.8 Å². The standard InChI is InChI=1S/C18H19ClN2O4S/c1-12-11-21(13(2)22)17-9-15(7-8-18(17)25-12)26(23,24)20-10-14-5-3-4-6-16(14)19/h3-9,12,20H,10-11H2,1-2H3. The molecule has 0 spiro atoms. The third-order valence-corrected chi connectivity index (χ3v) is 5.86. The predicted molar refractivity (Wildman–Crippen MR) is 100 cm³/mol. The molecule has 0 aromatic heterocycles. The van der Waals surface area contributed by atoms with Gasteiger partial charge in [-0.1, -0.05) is 29.8 Å². The van der Waals surface area contributed by atoms with E-state index >= 15 is 0 Å². The average Bonchev–Trinajstić information content (AvgIpc) is 2.59. The molecular weight excluding hydrogens is 376 g/mol. The van der Waals surface area contributed by atoms with Crippen molar-refractivity contribution in [3.63, 3.8) is 0 Å². The number of fused-ring (bicyclic) bond motifs is 1. The van der Waals surface area contributed by atoms with Gasteiger partial charge in [-0.15, -0.1) is 0 Å². The monoisotopic (exact) mass is 394 g/mol. The van der Waals surface area contributed by atoms with Crippen LogP contribution in [0.3, 0.4) is 0 Å². The Hall–Kier alpha value is -2.09. The lowest BCUT2D eigenvalue weighted by Crippen LogP contribution is -2.41. The molecule has 26 heavy (non-hydrogen) atoms. The summed E-state index contributed by atoms with van der Waals surface area (Å²) in [7, 11) is -3.77. The van der Waals surface area contributed by atoms with Crippen LogP contribution in [0.1, 0.15) is 19.4 Å². The van der Waals surface area contributed by atoms with E-state index < -0.39 is 10.0 Å². The molecule has 0 saturated heterocycles. The van der Waals surface area contributed by atoms with Gasteiger partial charge in [0.1, 0.15) is 11.9 Å². The van der Waals surface area contributed by atoms with E-state index in [0.717, 1.165) is 0 Å². The fourth-order valence-corrected chi connectivity index (χ4v) is 4.01. The molecule has 3 rings (SSSR count). The van der Waals surface area contributed by atoms with E-state index in [0.29, 0.717) is 28.6 Å². The third kappa shape index (κ3) is 3.85. The van der Waals surface area contributed by atoms with Gasteiger partial charge in [-0.2, -0.15) is 0 Å². The summed E-state index contributed by atoms with van der Waals surface area (Å²) in [5, 5.41) is 0.491. The van der Waals surface area contributed by atoms with Gasteiger partial charge in [0.2, 0.25) is 15.9 Å². The first-order valence-corrected chi connectivity index (χ1v) is 9.96. The zero-order valence-electron chi connectivity index (χ0n) is 14.4. The highest BCUT2D eigenvalue weighted by atomic mass is 35.5. The van der Waals surface area contributed by atoms with Crippen molar-refractivity contribution in [1.82, 2.24) is 4.72 Å². The Bertz CT molecular complexity index is 946. The zero-order valence-corrected chi connectivity index (χ0v) is 16.0. The van der Waals surface area contributed by atoms with E-state index in [4.69, 9.17) is 16.3 Å². The predicted octanol–water partition coefficient (Wildman–Crippen LogP) is 2.95. The highest BCUT2D eigenvalue weighted by Gasteiger charge is 2.27. The minimum Gasteiger partial charge on any atom is -0.487 e. The average molecular weight is 395 g/mol. The fourth-order valence-electron chi connectivity index (χ4n) is 2.78. The van der Waals surface area contributed by atoms with Crippen LogP contribution in [-0.2, 0) is 21.4 Å². The van der Waals surface area contributed by atoms with Crippen LogP contribution in [0.15, 0.2) is 47.4 Å². The van der Waals surface area contributed by atoms with E-state index in [2.05, 4.69) is 4.72 Å². The maximum atomic E-state index is 12.6. The summed E-state index contributed by atoms with van der Waals surface area (Å²) in [6.07, 6.45) is -0.160. The Labute approximate surface area is 157 Å². The van der Waals surface area contributed by atoms with Gasteiger partial charge in [-0.3, -0.25) is 4.79 Å². The lowest BCUT2D eigenvalue weighted by atomic mass is 10.2. The Morgan fingerprint density at radius 2 is 2.04 bits per heavy atom. The van der Waals surface area contributed by atoms with Crippen LogP contribution < -0.4 is 14.4 Å². The Morgan fingerprint density at radius 1 is 1.31 bits per heavy atom. The van der Waals surface area contributed by atoms with Crippen molar-refractivity contribution in [3.05, 3.63) is 53.1 Å². The van der Waals surface area contributed by atoms with Crippen LogP contribution in [0.4, 0.5) is 5.69 Å². The number of carbonyl (C=O) groups excluding carboxylic acids is 1. The van der Waals surface area contributed by atoms with Crippen molar-refractivity contribution < 1.29 is 17.9 Å². The zero-order chi connectivity index (χ0) is 18.9. The van der Waals surface area contributed by atoms with Gasteiger partial charge >= 0.3 is 0 Å². The molecule has 0 aliphatic carbocycles. The summed E-state index contributed by atoms with van der Waals surface area (Å²) in [6, 6.07) is 11.5. The smallest absolute Gasteiger partial charge is 0.240 e. The second-order valence-electron chi connectivity index (χ2n) is 6.10. The molecule has 8 heteroatoms. The molecule has 1 N–H and O–H groups in total. The number of hydrogen-bond acceptors (Lipinski definition) is 4. The Kier molecular flexibility index (Phi) is 5.22. The maximum Gasteiger partial charge on any atom is 0.240 e. The quantitative estimate of drug-likeness (QED) is 0.865. The molecule has 1 heterocycles. The molecule has 1 aliphatic heterocycles. The molecule has 2 aromatic carbocycles. The van der Waals surface area contributed by atoms with E-state index in [1.165, 1.54) is 24.0 Å². The van der Waals surface area contributed by atoms with Crippen molar-refractivity contribution in [2.75, 3.05) is 11.4 Å². The number of anilines is 1. The van der Waals surface area contributed by atoms with Crippen molar-refractivity contribution in [2.24, 2.45) is 0 Å². The number of amides is 1. The number of nitrogens with zero attached hydrogens (tertiary/aromatic N) is 1. The Morgan fingerprint density at radius 3 is 2.73 bits per heavy atom. The summed E-state index contributed by atoms with van der Waals surface area (Å²) in [4.78, 5) is 13.5. The van der Waals surface area contributed by atoms with Crippen LogP contribution in [0, 0.1) is 0 Å². The molecule has 1 atom stereocenters. The van der Waals surface area contributed by atoms with Gasteiger partial charge in [0, 0.05) is 18.5 Å². The minimum absolute atomic E-state index is 0.0627. The van der Waals surface area contributed by atoms with E-state index in [1.54, 1.807) is 30.3 Å². The molecule has 0 radical (unpaired) electrons. The highest BCUT2D eigenvalue weighted by molar-refractivity contribution is 7.89. The summed E-state index contributed by atoms with van der Waals surface area (Å²) in [5.41, 5.74) is 1.13. The molecule has 1 aliphatic rings. The molecular formula is C18H19ClN2O4S.